The second-order valence-electron chi connectivity index (χ2n) is 7.21. The van der Waals surface area contributed by atoms with Crippen LogP contribution < -0.4 is 10.9 Å². The van der Waals surface area contributed by atoms with E-state index in [1.54, 1.807) is 30.5 Å². The van der Waals surface area contributed by atoms with Gasteiger partial charge in [0, 0.05) is 16.6 Å². The molecule has 5 rings (SSSR count). The lowest BCUT2D eigenvalue weighted by atomic mass is 10.1. The minimum atomic E-state index is -0.676. The minimum Gasteiger partial charge on any atom is -0.422 e. The van der Waals surface area contributed by atoms with Crippen molar-refractivity contribution in [3.63, 3.8) is 0 Å². The van der Waals surface area contributed by atoms with Crippen LogP contribution in [0.15, 0.2) is 88.2 Å². The van der Waals surface area contributed by atoms with E-state index in [0.717, 1.165) is 22.2 Å². The second-order valence-corrected chi connectivity index (χ2v) is 7.21. The molecule has 2 heterocycles. The predicted octanol–water partition coefficient (Wildman–Crippen LogP) is 4.96. The zero-order valence-electron chi connectivity index (χ0n) is 16.6. The summed E-state index contributed by atoms with van der Waals surface area (Å²) in [6, 6.07) is 21.9. The molecular weight excluding hydrogens is 390 g/mol. The van der Waals surface area contributed by atoms with Crippen LogP contribution >= 0.6 is 0 Å². The first-order valence-corrected chi connectivity index (χ1v) is 9.75. The molecule has 0 aliphatic carbocycles. The fraction of sp³-hybridized carbons (Fsp3) is 0.0400. The number of rotatable bonds is 3. The molecule has 5 aromatic rings. The number of hydrogen-bond donors (Lipinski definition) is 1. The first-order chi connectivity index (χ1) is 15.1. The normalized spacial score (nSPS) is 11.0. The molecule has 1 N–H and O–H groups in total. The summed E-state index contributed by atoms with van der Waals surface area (Å²) >= 11 is 0. The molecule has 2 aromatic heterocycles. The Kier molecular flexibility index (Phi) is 4.52. The van der Waals surface area contributed by atoms with E-state index in [9.17, 15) is 9.59 Å². The summed E-state index contributed by atoms with van der Waals surface area (Å²) in [5, 5.41) is 3.52. The van der Waals surface area contributed by atoms with E-state index in [1.807, 2.05) is 55.5 Å². The number of amides is 1. The zero-order chi connectivity index (χ0) is 21.4. The van der Waals surface area contributed by atoms with Crippen molar-refractivity contribution in [1.29, 1.82) is 0 Å². The van der Waals surface area contributed by atoms with Crippen LogP contribution in [-0.2, 0) is 0 Å². The first kappa shape index (κ1) is 18.7. The summed E-state index contributed by atoms with van der Waals surface area (Å²) in [5.74, 6) is -0.524. The van der Waals surface area contributed by atoms with Gasteiger partial charge in [-0.3, -0.25) is 9.78 Å². The number of anilines is 1. The number of fused-ring (bicyclic) bond motifs is 2. The Morgan fingerprint density at radius 2 is 1.71 bits per heavy atom. The van der Waals surface area contributed by atoms with Crippen LogP contribution in [0.2, 0.25) is 0 Å². The van der Waals surface area contributed by atoms with Crippen molar-refractivity contribution >= 4 is 33.6 Å². The average molecular weight is 407 g/mol. The van der Waals surface area contributed by atoms with Crippen LogP contribution in [-0.4, -0.2) is 15.9 Å². The fourth-order valence-corrected chi connectivity index (χ4v) is 3.42. The molecule has 0 atom stereocenters. The first-order valence-electron chi connectivity index (χ1n) is 9.75. The van der Waals surface area contributed by atoms with E-state index in [2.05, 4.69) is 15.3 Å². The highest BCUT2D eigenvalue weighted by molar-refractivity contribution is 6.06. The van der Waals surface area contributed by atoms with Gasteiger partial charge in [0.25, 0.3) is 5.91 Å². The molecule has 0 spiro atoms. The zero-order valence-corrected chi connectivity index (χ0v) is 16.6. The predicted molar refractivity (Wildman–Crippen MR) is 120 cm³/mol. The molecule has 1 amide bonds. The Morgan fingerprint density at radius 3 is 2.58 bits per heavy atom. The van der Waals surface area contributed by atoms with Crippen molar-refractivity contribution < 1.29 is 9.21 Å². The highest BCUT2D eigenvalue weighted by Crippen LogP contribution is 2.25. The fourth-order valence-electron chi connectivity index (χ4n) is 3.42. The quantitative estimate of drug-likeness (QED) is 0.427. The third-order valence-corrected chi connectivity index (χ3v) is 5.12. The number of benzene rings is 3. The Hall–Kier alpha value is -4.32. The van der Waals surface area contributed by atoms with Crippen LogP contribution in [0.5, 0.6) is 0 Å². The Balaban J connectivity index is 1.50. The maximum absolute atomic E-state index is 12.9. The molecule has 0 fully saturated rings. The molecule has 0 radical (unpaired) electrons. The lowest BCUT2D eigenvalue weighted by molar-refractivity contribution is 0.102. The van der Waals surface area contributed by atoms with Crippen molar-refractivity contribution in [2.24, 2.45) is 0 Å². The van der Waals surface area contributed by atoms with Gasteiger partial charge in [0.15, 0.2) is 0 Å². The maximum Gasteiger partial charge on any atom is 0.349 e. The van der Waals surface area contributed by atoms with Crippen LogP contribution in [0.4, 0.5) is 5.69 Å². The monoisotopic (exact) mass is 407 g/mol. The van der Waals surface area contributed by atoms with E-state index in [0.29, 0.717) is 22.4 Å². The number of carbonyl (C=O) groups excluding carboxylic acids is 1. The van der Waals surface area contributed by atoms with Crippen molar-refractivity contribution in [3.8, 4) is 11.3 Å². The number of para-hydroxylation sites is 3. The van der Waals surface area contributed by atoms with E-state index >= 15 is 0 Å². The third kappa shape index (κ3) is 3.55. The molecule has 0 unspecified atom stereocenters. The van der Waals surface area contributed by atoms with Gasteiger partial charge in [-0.05, 0) is 42.8 Å². The van der Waals surface area contributed by atoms with E-state index in [1.165, 1.54) is 0 Å². The molecule has 6 heteroatoms. The Labute approximate surface area is 177 Å². The molecule has 6 nitrogen and oxygen atoms in total. The third-order valence-electron chi connectivity index (χ3n) is 5.12. The van der Waals surface area contributed by atoms with Crippen LogP contribution in [0.25, 0.3) is 33.3 Å². The standard InChI is InChI=1S/C25H17N3O3/c1-15-10-11-16(22-14-26-19-7-3-4-8-20(19)27-22)13-21(15)28-24(29)18-12-17-6-2-5-9-23(17)31-25(18)30/h2-14H,1H3,(H,28,29). The Morgan fingerprint density at radius 1 is 0.935 bits per heavy atom. The molecule has 0 bridgehead atoms. The smallest absolute Gasteiger partial charge is 0.349 e. The van der Waals surface area contributed by atoms with Gasteiger partial charge in [-0.15, -0.1) is 0 Å². The molecule has 0 saturated carbocycles. The van der Waals surface area contributed by atoms with Crippen LogP contribution in [0.3, 0.4) is 0 Å². The summed E-state index contributed by atoms with van der Waals surface area (Å²) in [6.07, 6.45) is 1.70. The summed E-state index contributed by atoms with van der Waals surface area (Å²) in [5.41, 5.74) is 4.27. The molecule has 3 aromatic carbocycles. The van der Waals surface area contributed by atoms with Crippen molar-refractivity contribution in [1.82, 2.24) is 9.97 Å². The van der Waals surface area contributed by atoms with Gasteiger partial charge in [0.1, 0.15) is 11.1 Å². The number of nitrogens with one attached hydrogen (secondary N) is 1. The van der Waals surface area contributed by atoms with E-state index in [-0.39, 0.29) is 5.56 Å². The largest absolute Gasteiger partial charge is 0.422 e. The van der Waals surface area contributed by atoms with E-state index in [4.69, 9.17) is 4.42 Å². The summed E-state index contributed by atoms with van der Waals surface area (Å²) in [7, 11) is 0. The molecule has 31 heavy (non-hydrogen) atoms. The van der Waals surface area contributed by atoms with Gasteiger partial charge >= 0.3 is 5.63 Å². The maximum atomic E-state index is 12.9. The lowest BCUT2D eigenvalue weighted by Gasteiger charge is -2.11. The van der Waals surface area contributed by atoms with E-state index < -0.39 is 11.5 Å². The summed E-state index contributed by atoms with van der Waals surface area (Å²) in [6.45, 7) is 1.88. The van der Waals surface area contributed by atoms with Gasteiger partial charge in [-0.2, -0.15) is 0 Å². The number of carbonyl (C=O) groups is 1. The lowest BCUT2D eigenvalue weighted by Crippen LogP contribution is -2.21. The van der Waals surface area contributed by atoms with Crippen molar-refractivity contribution in [2.75, 3.05) is 5.32 Å². The van der Waals surface area contributed by atoms with Gasteiger partial charge < -0.3 is 9.73 Å². The van der Waals surface area contributed by atoms with Gasteiger partial charge in [0.2, 0.25) is 0 Å². The number of hydrogen-bond acceptors (Lipinski definition) is 5. The molecule has 0 aliphatic rings. The van der Waals surface area contributed by atoms with Gasteiger partial charge in [0.05, 0.1) is 22.9 Å². The van der Waals surface area contributed by atoms with Gasteiger partial charge in [-0.25, -0.2) is 9.78 Å². The minimum absolute atomic E-state index is 0.0472. The number of aromatic nitrogens is 2. The topological polar surface area (TPSA) is 85.1 Å². The van der Waals surface area contributed by atoms with Gasteiger partial charge in [-0.1, -0.05) is 42.5 Å². The highest BCUT2D eigenvalue weighted by atomic mass is 16.4. The summed E-state index contributed by atoms with van der Waals surface area (Å²) in [4.78, 5) is 34.3. The molecule has 150 valence electrons. The van der Waals surface area contributed by atoms with Crippen molar-refractivity contribution in [3.05, 3.63) is 101 Å². The number of aryl methyl sites for hydroxylation is 1. The van der Waals surface area contributed by atoms with Crippen LogP contribution in [0.1, 0.15) is 15.9 Å². The SMILES string of the molecule is Cc1ccc(-c2cnc3ccccc3n2)cc1NC(=O)c1cc2ccccc2oc1=O. The second kappa shape index (κ2) is 7.50. The van der Waals surface area contributed by atoms with Crippen LogP contribution in [0, 0.1) is 6.92 Å². The number of nitrogens with zero attached hydrogens (tertiary/aromatic N) is 2. The molecular formula is C25H17N3O3. The molecule has 0 saturated heterocycles. The van der Waals surface area contributed by atoms with Crippen molar-refractivity contribution in [2.45, 2.75) is 6.92 Å². The molecule has 0 aliphatic heterocycles. The average Bonchev–Trinajstić information content (AvgIpc) is 2.79. The summed E-state index contributed by atoms with van der Waals surface area (Å²) < 4.78 is 5.28. The highest BCUT2D eigenvalue weighted by Gasteiger charge is 2.15. The Bertz CT molecular complexity index is 1520.